The van der Waals surface area contributed by atoms with Crippen LogP contribution in [0.3, 0.4) is 0 Å². The van der Waals surface area contributed by atoms with Crippen molar-refractivity contribution in [2.45, 2.75) is 26.0 Å². The summed E-state index contributed by atoms with van der Waals surface area (Å²) in [4.78, 5) is 3.07. The van der Waals surface area contributed by atoms with E-state index in [1.54, 1.807) is 4.90 Å². The number of aliphatic hydroxyl groups is 1. The fourth-order valence-electron chi connectivity index (χ4n) is 4.81. The van der Waals surface area contributed by atoms with Gasteiger partial charge in [-0.05, 0) is 31.0 Å². The molecule has 4 rings (SSSR count). The first-order chi connectivity index (χ1) is 15.6. The van der Waals surface area contributed by atoms with E-state index in [9.17, 15) is 5.11 Å². The van der Waals surface area contributed by atoms with Crippen molar-refractivity contribution in [1.82, 2.24) is 0 Å². The standard InChI is InChI=1S/C28H34N2O2/c1-22-13-14-23(2)27(19-22)32-21-26(31)20-29-15-17-30(18-16-29)28(24-9-5-3-6-10-24)25-11-7-4-8-12-25/h3-14,19,26,28,31H,15-18,20-21H2,1-2H3/p+2/t26-/m0/s1. The predicted octanol–water partition coefficient (Wildman–Crippen LogP) is 1.62. The van der Waals surface area contributed by atoms with Crippen LogP contribution in [0, 0.1) is 13.8 Å². The minimum atomic E-state index is -0.453. The molecule has 0 unspecified atom stereocenters. The zero-order valence-corrected chi connectivity index (χ0v) is 19.3. The first-order valence-corrected chi connectivity index (χ1v) is 11.8. The maximum Gasteiger partial charge on any atom is 0.139 e. The molecule has 0 radical (unpaired) electrons. The number of ether oxygens (including phenoxy) is 1. The van der Waals surface area contributed by atoms with E-state index < -0.39 is 6.10 Å². The second kappa shape index (κ2) is 10.8. The molecule has 3 aromatic rings. The fourth-order valence-corrected chi connectivity index (χ4v) is 4.81. The van der Waals surface area contributed by atoms with Gasteiger partial charge in [0.25, 0.3) is 0 Å². The van der Waals surface area contributed by atoms with Crippen molar-refractivity contribution < 1.29 is 19.6 Å². The third kappa shape index (κ3) is 5.77. The largest absolute Gasteiger partial charge is 0.490 e. The van der Waals surface area contributed by atoms with Crippen molar-refractivity contribution >= 4 is 0 Å². The van der Waals surface area contributed by atoms with Gasteiger partial charge < -0.3 is 19.6 Å². The molecule has 0 saturated carbocycles. The maximum atomic E-state index is 10.6. The SMILES string of the molecule is Cc1ccc(C)c(OC[C@@H](O)C[NH+]2CC[NH+](C(c3ccccc3)c3ccccc3)CC2)c1. The summed E-state index contributed by atoms with van der Waals surface area (Å²) in [5.74, 6) is 0.877. The highest BCUT2D eigenvalue weighted by atomic mass is 16.5. The number of quaternary nitrogens is 2. The molecule has 1 fully saturated rings. The number of piperazine rings is 1. The molecule has 3 aromatic carbocycles. The summed E-state index contributed by atoms with van der Waals surface area (Å²) in [5, 5.41) is 10.6. The van der Waals surface area contributed by atoms with Gasteiger partial charge in [-0.3, -0.25) is 0 Å². The quantitative estimate of drug-likeness (QED) is 0.506. The average molecular weight is 433 g/mol. The average Bonchev–Trinajstić information content (AvgIpc) is 2.82. The lowest BCUT2D eigenvalue weighted by molar-refractivity contribution is -1.02. The Morgan fingerprint density at radius 2 is 1.41 bits per heavy atom. The highest BCUT2D eigenvalue weighted by Crippen LogP contribution is 2.20. The minimum Gasteiger partial charge on any atom is -0.490 e. The van der Waals surface area contributed by atoms with E-state index in [4.69, 9.17) is 4.74 Å². The molecule has 1 aliphatic rings. The van der Waals surface area contributed by atoms with Crippen molar-refractivity contribution in [1.29, 1.82) is 0 Å². The Kier molecular flexibility index (Phi) is 7.59. The molecule has 1 aliphatic heterocycles. The Labute approximate surface area is 192 Å². The third-order valence-electron chi connectivity index (χ3n) is 6.57. The molecule has 0 aromatic heterocycles. The van der Waals surface area contributed by atoms with Crippen LogP contribution in [-0.2, 0) is 0 Å². The monoisotopic (exact) mass is 432 g/mol. The molecule has 0 bridgehead atoms. The summed E-state index contributed by atoms with van der Waals surface area (Å²) in [7, 11) is 0. The number of hydrogen-bond donors (Lipinski definition) is 3. The topological polar surface area (TPSA) is 38.3 Å². The minimum absolute atomic E-state index is 0.348. The van der Waals surface area contributed by atoms with Gasteiger partial charge in [-0.25, -0.2) is 0 Å². The number of nitrogens with one attached hydrogen (secondary N) is 2. The second-order valence-corrected chi connectivity index (χ2v) is 9.10. The van der Waals surface area contributed by atoms with Gasteiger partial charge >= 0.3 is 0 Å². The summed E-state index contributed by atoms with van der Waals surface area (Å²) in [6, 6.07) is 28.3. The van der Waals surface area contributed by atoms with Crippen LogP contribution in [-0.4, -0.2) is 50.5 Å². The highest BCUT2D eigenvalue weighted by Gasteiger charge is 2.32. The van der Waals surface area contributed by atoms with Crippen LogP contribution in [0.2, 0.25) is 0 Å². The van der Waals surface area contributed by atoms with Gasteiger partial charge in [0, 0.05) is 11.1 Å². The van der Waals surface area contributed by atoms with Crippen LogP contribution in [0.25, 0.3) is 0 Å². The molecule has 1 heterocycles. The number of hydrogen-bond acceptors (Lipinski definition) is 2. The van der Waals surface area contributed by atoms with E-state index in [-0.39, 0.29) is 0 Å². The normalized spacial score (nSPS) is 19.6. The molecule has 0 aliphatic carbocycles. The fraction of sp³-hybridized carbons (Fsp3) is 0.357. The van der Waals surface area contributed by atoms with Gasteiger partial charge in [0.1, 0.15) is 57.2 Å². The van der Waals surface area contributed by atoms with Crippen molar-refractivity contribution in [3.63, 3.8) is 0 Å². The van der Waals surface area contributed by atoms with E-state index >= 15 is 0 Å². The number of rotatable bonds is 8. The molecule has 0 spiro atoms. The lowest BCUT2D eigenvalue weighted by Gasteiger charge is -2.35. The van der Waals surface area contributed by atoms with Crippen LogP contribution >= 0.6 is 0 Å². The van der Waals surface area contributed by atoms with Gasteiger partial charge in [0.2, 0.25) is 0 Å². The van der Waals surface area contributed by atoms with E-state index in [2.05, 4.69) is 79.7 Å². The summed E-state index contributed by atoms with van der Waals surface area (Å²) in [5.41, 5.74) is 5.04. The van der Waals surface area contributed by atoms with E-state index in [1.807, 2.05) is 13.0 Å². The Hall–Kier alpha value is -2.66. The third-order valence-corrected chi connectivity index (χ3v) is 6.57. The molecule has 0 amide bonds. The van der Waals surface area contributed by atoms with E-state index in [1.165, 1.54) is 21.6 Å². The van der Waals surface area contributed by atoms with Crippen molar-refractivity contribution in [3.8, 4) is 5.75 Å². The zero-order valence-electron chi connectivity index (χ0n) is 19.3. The van der Waals surface area contributed by atoms with Crippen LogP contribution in [0.5, 0.6) is 5.75 Å². The summed E-state index contributed by atoms with van der Waals surface area (Å²) in [6.45, 7) is 9.50. The molecule has 3 N–H and O–H groups in total. The number of aliphatic hydroxyl groups excluding tert-OH is 1. The van der Waals surface area contributed by atoms with Crippen LogP contribution < -0.4 is 14.5 Å². The van der Waals surface area contributed by atoms with Crippen LogP contribution in [0.15, 0.2) is 78.9 Å². The second-order valence-electron chi connectivity index (χ2n) is 9.10. The van der Waals surface area contributed by atoms with Crippen molar-refractivity contribution in [3.05, 3.63) is 101 Å². The van der Waals surface area contributed by atoms with Gasteiger partial charge in [-0.1, -0.05) is 72.8 Å². The first-order valence-electron chi connectivity index (χ1n) is 11.8. The number of aryl methyl sites for hydroxylation is 2. The zero-order chi connectivity index (χ0) is 22.3. The molecular formula is C28H36N2O2+2. The predicted molar refractivity (Wildman–Crippen MR) is 128 cm³/mol. The van der Waals surface area contributed by atoms with E-state index in [0.29, 0.717) is 12.6 Å². The smallest absolute Gasteiger partial charge is 0.139 e. The first kappa shape index (κ1) is 22.5. The highest BCUT2D eigenvalue weighted by molar-refractivity contribution is 5.36. The van der Waals surface area contributed by atoms with Gasteiger partial charge in [0.15, 0.2) is 0 Å². The molecule has 4 nitrogen and oxygen atoms in total. The van der Waals surface area contributed by atoms with Crippen LogP contribution in [0.1, 0.15) is 28.3 Å². The summed E-state index contributed by atoms with van der Waals surface area (Å²) < 4.78 is 5.93. The lowest BCUT2D eigenvalue weighted by atomic mass is 9.96. The Morgan fingerprint density at radius 3 is 2.00 bits per heavy atom. The molecule has 168 valence electrons. The lowest BCUT2D eigenvalue weighted by Crippen LogP contribution is -3.28. The molecule has 4 heteroatoms. The maximum absolute atomic E-state index is 10.6. The van der Waals surface area contributed by atoms with Crippen LogP contribution in [0.4, 0.5) is 0 Å². The summed E-state index contributed by atoms with van der Waals surface area (Å²) in [6.07, 6.45) is -0.453. The molecule has 32 heavy (non-hydrogen) atoms. The van der Waals surface area contributed by atoms with Gasteiger partial charge in [0.05, 0.1) is 0 Å². The van der Waals surface area contributed by atoms with E-state index in [0.717, 1.165) is 44.0 Å². The van der Waals surface area contributed by atoms with Gasteiger partial charge in [-0.15, -0.1) is 0 Å². The Bertz CT molecular complexity index is 930. The Morgan fingerprint density at radius 1 is 0.812 bits per heavy atom. The Balaban J connectivity index is 1.33. The molecular weight excluding hydrogens is 396 g/mol. The molecule has 1 atom stereocenters. The van der Waals surface area contributed by atoms with Crippen molar-refractivity contribution in [2.24, 2.45) is 0 Å². The van der Waals surface area contributed by atoms with Gasteiger partial charge in [-0.2, -0.15) is 0 Å². The number of benzene rings is 3. The molecule has 1 saturated heterocycles. The van der Waals surface area contributed by atoms with Crippen molar-refractivity contribution in [2.75, 3.05) is 39.3 Å². The summed E-state index contributed by atoms with van der Waals surface area (Å²) >= 11 is 0.